The van der Waals surface area contributed by atoms with Gasteiger partial charge in [-0.2, -0.15) is 0 Å². The van der Waals surface area contributed by atoms with Crippen molar-refractivity contribution in [3.05, 3.63) is 47.5 Å². The van der Waals surface area contributed by atoms with Crippen LogP contribution in [-0.2, 0) is 14.3 Å². The third kappa shape index (κ3) is 3.79. The molecule has 9 heteroatoms. The smallest absolute Gasteiger partial charge is 0.414 e. The molecule has 1 unspecified atom stereocenters. The van der Waals surface area contributed by atoms with E-state index < -0.39 is 11.3 Å². The molecule has 144 valence electrons. The number of cyclic esters (lactones) is 1. The second-order valence-corrected chi connectivity index (χ2v) is 7.95. The highest BCUT2D eigenvalue weighted by molar-refractivity contribution is 8.01. The van der Waals surface area contributed by atoms with Gasteiger partial charge in [-0.1, -0.05) is 23.7 Å². The SMILES string of the molecule is O=C(CC1Sc2ccc(Cl)cc2NC1=O)Nc1ccccc1N1CCOC1=O. The lowest BCUT2D eigenvalue weighted by atomic mass is 10.2. The van der Waals surface area contributed by atoms with Crippen molar-refractivity contribution in [1.82, 2.24) is 0 Å². The van der Waals surface area contributed by atoms with Crippen LogP contribution in [0.25, 0.3) is 0 Å². The zero-order valence-corrected chi connectivity index (χ0v) is 16.2. The van der Waals surface area contributed by atoms with E-state index in [1.165, 1.54) is 16.7 Å². The largest absolute Gasteiger partial charge is 0.447 e. The summed E-state index contributed by atoms with van der Waals surface area (Å²) < 4.78 is 4.97. The molecule has 0 aliphatic carbocycles. The Morgan fingerprint density at radius 3 is 2.89 bits per heavy atom. The van der Waals surface area contributed by atoms with Gasteiger partial charge in [-0.15, -0.1) is 11.8 Å². The summed E-state index contributed by atoms with van der Waals surface area (Å²) in [6.07, 6.45) is -0.448. The maximum absolute atomic E-state index is 12.6. The molecule has 1 fully saturated rings. The van der Waals surface area contributed by atoms with Gasteiger partial charge in [-0.25, -0.2) is 4.79 Å². The van der Waals surface area contributed by atoms with Gasteiger partial charge in [0.25, 0.3) is 0 Å². The molecule has 2 aromatic carbocycles. The molecule has 0 radical (unpaired) electrons. The summed E-state index contributed by atoms with van der Waals surface area (Å²) in [4.78, 5) is 39.1. The number of para-hydroxylation sites is 2. The average Bonchev–Trinajstić information content (AvgIpc) is 3.09. The number of benzene rings is 2. The van der Waals surface area contributed by atoms with Gasteiger partial charge >= 0.3 is 6.09 Å². The maximum atomic E-state index is 12.6. The molecule has 2 aliphatic rings. The highest BCUT2D eigenvalue weighted by Gasteiger charge is 2.30. The second-order valence-electron chi connectivity index (χ2n) is 6.27. The summed E-state index contributed by atoms with van der Waals surface area (Å²) >= 11 is 7.28. The van der Waals surface area contributed by atoms with E-state index in [0.29, 0.717) is 35.2 Å². The molecule has 1 saturated heterocycles. The van der Waals surface area contributed by atoms with Crippen LogP contribution in [0, 0.1) is 0 Å². The maximum Gasteiger partial charge on any atom is 0.414 e. The molecule has 2 heterocycles. The highest BCUT2D eigenvalue weighted by atomic mass is 35.5. The Morgan fingerprint density at radius 1 is 1.29 bits per heavy atom. The van der Waals surface area contributed by atoms with Gasteiger partial charge in [0.05, 0.1) is 28.9 Å². The van der Waals surface area contributed by atoms with Gasteiger partial charge in [-0.3, -0.25) is 14.5 Å². The second kappa shape index (κ2) is 7.73. The van der Waals surface area contributed by atoms with Crippen molar-refractivity contribution in [2.75, 3.05) is 28.7 Å². The summed E-state index contributed by atoms with van der Waals surface area (Å²) in [5.74, 6) is -0.559. The first kappa shape index (κ1) is 18.6. The van der Waals surface area contributed by atoms with Crippen molar-refractivity contribution in [2.24, 2.45) is 0 Å². The van der Waals surface area contributed by atoms with Gasteiger partial charge in [-0.05, 0) is 30.3 Å². The van der Waals surface area contributed by atoms with E-state index in [0.717, 1.165) is 4.90 Å². The summed E-state index contributed by atoms with van der Waals surface area (Å²) in [7, 11) is 0. The van der Waals surface area contributed by atoms with Gasteiger partial charge in [0.2, 0.25) is 11.8 Å². The molecule has 2 aromatic rings. The number of nitrogens with zero attached hydrogens (tertiary/aromatic N) is 1. The van der Waals surface area contributed by atoms with Crippen LogP contribution in [0.2, 0.25) is 5.02 Å². The minimum absolute atomic E-state index is 0.00263. The first-order valence-electron chi connectivity index (χ1n) is 8.61. The van der Waals surface area contributed by atoms with Crippen LogP contribution in [-0.4, -0.2) is 36.3 Å². The average molecular weight is 418 g/mol. The highest BCUT2D eigenvalue weighted by Crippen LogP contribution is 2.38. The molecular formula is C19H16ClN3O4S. The molecule has 0 bridgehead atoms. The molecule has 0 spiro atoms. The fourth-order valence-corrected chi connectivity index (χ4v) is 4.32. The van der Waals surface area contributed by atoms with Crippen molar-refractivity contribution >= 4 is 58.3 Å². The minimum Gasteiger partial charge on any atom is -0.447 e. The Labute approximate surface area is 170 Å². The summed E-state index contributed by atoms with van der Waals surface area (Å²) in [6.45, 7) is 0.732. The van der Waals surface area contributed by atoms with Crippen LogP contribution in [0.4, 0.5) is 21.9 Å². The number of thioether (sulfide) groups is 1. The van der Waals surface area contributed by atoms with Crippen LogP contribution in [0.1, 0.15) is 6.42 Å². The summed E-state index contributed by atoms with van der Waals surface area (Å²) in [5, 5.41) is 5.57. The topological polar surface area (TPSA) is 87.7 Å². The van der Waals surface area contributed by atoms with Crippen LogP contribution in [0.5, 0.6) is 0 Å². The number of carbonyl (C=O) groups excluding carboxylic acids is 3. The van der Waals surface area contributed by atoms with Crippen LogP contribution in [0.15, 0.2) is 47.4 Å². The fraction of sp³-hybridized carbons (Fsp3) is 0.211. The number of anilines is 3. The minimum atomic E-state index is -0.558. The third-order valence-corrected chi connectivity index (χ3v) is 5.87. The summed E-state index contributed by atoms with van der Waals surface area (Å²) in [6, 6.07) is 12.2. The monoisotopic (exact) mass is 417 g/mol. The lowest BCUT2D eigenvalue weighted by molar-refractivity contribution is -0.120. The molecule has 7 nitrogen and oxygen atoms in total. The predicted octanol–water partition coefficient (Wildman–Crippen LogP) is 3.74. The summed E-state index contributed by atoms with van der Waals surface area (Å²) in [5.41, 5.74) is 1.72. The van der Waals surface area contributed by atoms with E-state index in [-0.39, 0.29) is 18.2 Å². The Bertz CT molecular complexity index is 968. The molecule has 4 rings (SSSR count). The molecule has 0 saturated carbocycles. The number of rotatable bonds is 4. The van der Waals surface area contributed by atoms with Crippen LogP contribution >= 0.6 is 23.4 Å². The molecule has 2 N–H and O–H groups in total. The van der Waals surface area contributed by atoms with Crippen molar-refractivity contribution in [3.63, 3.8) is 0 Å². The lowest BCUT2D eigenvalue weighted by Crippen LogP contribution is -2.32. The van der Waals surface area contributed by atoms with Gasteiger partial charge < -0.3 is 15.4 Å². The van der Waals surface area contributed by atoms with Gasteiger partial charge in [0.1, 0.15) is 6.61 Å². The van der Waals surface area contributed by atoms with Crippen LogP contribution in [0.3, 0.4) is 0 Å². The van der Waals surface area contributed by atoms with E-state index in [4.69, 9.17) is 16.3 Å². The first-order valence-corrected chi connectivity index (χ1v) is 9.87. The van der Waals surface area contributed by atoms with Crippen LogP contribution < -0.4 is 15.5 Å². The lowest BCUT2D eigenvalue weighted by Gasteiger charge is -2.24. The predicted molar refractivity (Wildman–Crippen MR) is 108 cm³/mol. The molecule has 1 atom stereocenters. The Hall–Kier alpha value is -2.71. The van der Waals surface area contributed by atoms with Crippen molar-refractivity contribution in [2.45, 2.75) is 16.6 Å². The van der Waals surface area contributed by atoms with E-state index in [1.807, 2.05) is 6.07 Å². The molecule has 2 aliphatic heterocycles. The number of ether oxygens (including phenoxy) is 1. The number of amides is 3. The molecule has 0 aromatic heterocycles. The van der Waals surface area contributed by atoms with E-state index in [1.54, 1.807) is 36.4 Å². The number of hydrogen-bond acceptors (Lipinski definition) is 5. The Kier molecular flexibility index (Phi) is 5.15. The molecular weight excluding hydrogens is 402 g/mol. The van der Waals surface area contributed by atoms with Crippen molar-refractivity contribution in [1.29, 1.82) is 0 Å². The number of carbonyl (C=O) groups is 3. The van der Waals surface area contributed by atoms with Crippen molar-refractivity contribution in [3.8, 4) is 0 Å². The molecule has 28 heavy (non-hydrogen) atoms. The zero-order chi connectivity index (χ0) is 19.7. The number of hydrogen-bond donors (Lipinski definition) is 2. The number of fused-ring (bicyclic) bond motifs is 1. The number of nitrogens with one attached hydrogen (secondary N) is 2. The van der Waals surface area contributed by atoms with E-state index in [2.05, 4.69) is 10.6 Å². The fourth-order valence-electron chi connectivity index (χ4n) is 3.05. The Balaban J connectivity index is 1.46. The Morgan fingerprint density at radius 2 is 2.11 bits per heavy atom. The number of halogens is 1. The van der Waals surface area contributed by atoms with Crippen molar-refractivity contribution < 1.29 is 19.1 Å². The third-order valence-electron chi connectivity index (χ3n) is 4.36. The van der Waals surface area contributed by atoms with E-state index >= 15 is 0 Å². The standard InChI is InChI=1S/C19H16ClN3O4S/c20-11-5-6-15-13(9-11)22-18(25)16(28-15)10-17(24)21-12-3-1-2-4-14(12)23-7-8-27-19(23)26/h1-6,9,16H,7-8,10H2,(H,21,24)(H,22,25). The van der Waals surface area contributed by atoms with Gasteiger partial charge in [0, 0.05) is 16.3 Å². The van der Waals surface area contributed by atoms with E-state index in [9.17, 15) is 14.4 Å². The quantitative estimate of drug-likeness (QED) is 0.791. The van der Waals surface area contributed by atoms with Gasteiger partial charge in [0.15, 0.2) is 0 Å². The zero-order valence-electron chi connectivity index (χ0n) is 14.6. The normalized spacial score (nSPS) is 18.3. The first-order chi connectivity index (χ1) is 13.5. The molecule has 3 amide bonds.